The highest BCUT2D eigenvalue weighted by Crippen LogP contribution is 2.26. The molecule has 0 heterocycles. The van der Waals surface area contributed by atoms with Crippen molar-refractivity contribution in [1.29, 1.82) is 0 Å². The van der Waals surface area contributed by atoms with Gasteiger partial charge in [-0.15, -0.1) is 0 Å². The van der Waals surface area contributed by atoms with Crippen LogP contribution in [0.5, 0.6) is 5.75 Å². The molecule has 2 rings (SSSR count). The van der Waals surface area contributed by atoms with Crippen LogP contribution in [0.4, 0.5) is 0 Å². The number of carbonyl (C=O) groups is 2. The third kappa shape index (κ3) is 5.07. The standard InChI is InChI=1S/C15H20N2O4/c1-21-13-4-2-3-11(7-13)8-16-14(18)9-17(10-15(19)20)12-5-6-12/h2-4,7,12H,5-6,8-10H2,1H3,(H,16,18)(H,19,20). The molecule has 1 aromatic rings. The minimum Gasteiger partial charge on any atom is -0.497 e. The first-order chi connectivity index (χ1) is 10.1. The number of hydrogen-bond acceptors (Lipinski definition) is 4. The molecule has 0 unspecified atom stereocenters. The summed E-state index contributed by atoms with van der Waals surface area (Å²) < 4.78 is 5.12. The number of nitrogens with one attached hydrogen (secondary N) is 1. The van der Waals surface area contributed by atoms with E-state index in [-0.39, 0.29) is 25.0 Å². The van der Waals surface area contributed by atoms with Crippen LogP contribution in [0.1, 0.15) is 18.4 Å². The SMILES string of the molecule is COc1cccc(CNC(=O)CN(CC(=O)O)C2CC2)c1. The van der Waals surface area contributed by atoms with Gasteiger partial charge in [0.05, 0.1) is 20.2 Å². The maximum atomic E-state index is 11.9. The second kappa shape index (κ2) is 7.08. The third-order valence-corrected chi connectivity index (χ3v) is 3.37. The summed E-state index contributed by atoms with van der Waals surface area (Å²) in [6.07, 6.45) is 1.94. The summed E-state index contributed by atoms with van der Waals surface area (Å²) in [6, 6.07) is 7.70. The summed E-state index contributed by atoms with van der Waals surface area (Å²) in [6.45, 7) is 0.444. The Morgan fingerprint density at radius 3 is 2.76 bits per heavy atom. The number of rotatable bonds is 8. The lowest BCUT2D eigenvalue weighted by atomic mass is 10.2. The van der Waals surface area contributed by atoms with Gasteiger partial charge < -0.3 is 15.2 Å². The largest absolute Gasteiger partial charge is 0.497 e. The van der Waals surface area contributed by atoms with E-state index in [1.165, 1.54) is 0 Å². The molecule has 1 fully saturated rings. The molecule has 0 aliphatic heterocycles. The number of amides is 1. The van der Waals surface area contributed by atoms with Crippen molar-refractivity contribution in [3.63, 3.8) is 0 Å². The van der Waals surface area contributed by atoms with Gasteiger partial charge in [0.25, 0.3) is 0 Å². The average Bonchev–Trinajstić information content (AvgIpc) is 3.29. The van der Waals surface area contributed by atoms with Gasteiger partial charge in [-0.2, -0.15) is 0 Å². The maximum absolute atomic E-state index is 11.9. The van der Waals surface area contributed by atoms with Gasteiger partial charge >= 0.3 is 5.97 Å². The van der Waals surface area contributed by atoms with E-state index < -0.39 is 5.97 Å². The first-order valence-electron chi connectivity index (χ1n) is 6.94. The molecule has 1 saturated carbocycles. The number of ether oxygens (including phenoxy) is 1. The minimum absolute atomic E-state index is 0.0861. The number of aliphatic carboxylic acids is 1. The van der Waals surface area contributed by atoms with Crippen LogP contribution in [0, 0.1) is 0 Å². The summed E-state index contributed by atoms with van der Waals surface area (Å²) in [5, 5.41) is 11.7. The first kappa shape index (κ1) is 15.3. The highest BCUT2D eigenvalue weighted by Gasteiger charge is 2.31. The van der Waals surface area contributed by atoms with Gasteiger partial charge in [0, 0.05) is 12.6 Å². The van der Waals surface area contributed by atoms with E-state index in [1.807, 2.05) is 24.3 Å². The first-order valence-corrected chi connectivity index (χ1v) is 6.94. The van der Waals surface area contributed by atoms with Crippen LogP contribution in [-0.2, 0) is 16.1 Å². The van der Waals surface area contributed by atoms with Crippen LogP contribution in [-0.4, -0.2) is 48.1 Å². The number of hydrogen-bond donors (Lipinski definition) is 2. The molecule has 0 bridgehead atoms. The predicted molar refractivity (Wildman–Crippen MR) is 77.1 cm³/mol. The Hall–Kier alpha value is -2.08. The zero-order valence-corrected chi connectivity index (χ0v) is 12.0. The van der Waals surface area contributed by atoms with Crippen molar-refractivity contribution in [2.24, 2.45) is 0 Å². The molecule has 21 heavy (non-hydrogen) atoms. The lowest BCUT2D eigenvalue weighted by molar-refractivity contribution is -0.138. The van der Waals surface area contributed by atoms with Crippen molar-refractivity contribution < 1.29 is 19.4 Å². The average molecular weight is 292 g/mol. The van der Waals surface area contributed by atoms with E-state index in [0.717, 1.165) is 24.2 Å². The van der Waals surface area contributed by atoms with Crippen molar-refractivity contribution in [3.8, 4) is 5.75 Å². The Kier molecular flexibility index (Phi) is 5.16. The highest BCUT2D eigenvalue weighted by molar-refractivity contribution is 5.79. The summed E-state index contributed by atoms with van der Waals surface area (Å²) in [5.41, 5.74) is 0.943. The van der Waals surface area contributed by atoms with Crippen LogP contribution in [0.2, 0.25) is 0 Å². The van der Waals surface area contributed by atoms with E-state index >= 15 is 0 Å². The van der Waals surface area contributed by atoms with E-state index in [9.17, 15) is 9.59 Å². The fourth-order valence-electron chi connectivity index (χ4n) is 2.15. The fraction of sp³-hybridized carbons (Fsp3) is 0.467. The molecular formula is C15H20N2O4. The van der Waals surface area contributed by atoms with Crippen molar-refractivity contribution in [1.82, 2.24) is 10.2 Å². The number of methoxy groups -OCH3 is 1. The smallest absolute Gasteiger partial charge is 0.317 e. The molecule has 1 aliphatic carbocycles. The molecule has 1 amide bonds. The summed E-state index contributed by atoms with van der Waals surface area (Å²) in [5.74, 6) is -0.319. The second-order valence-corrected chi connectivity index (χ2v) is 5.16. The van der Waals surface area contributed by atoms with Crippen LogP contribution in [0.3, 0.4) is 0 Å². The van der Waals surface area contributed by atoms with E-state index in [0.29, 0.717) is 6.54 Å². The predicted octanol–water partition coefficient (Wildman–Crippen LogP) is 0.860. The summed E-state index contributed by atoms with van der Waals surface area (Å²) >= 11 is 0. The van der Waals surface area contributed by atoms with Crippen LogP contribution < -0.4 is 10.1 Å². The molecule has 114 valence electrons. The zero-order valence-electron chi connectivity index (χ0n) is 12.0. The maximum Gasteiger partial charge on any atom is 0.317 e. The minimum atomic E-state index is -0.900. The lowest BCUT2D eigenvalue weighted by Crippen LogP contribution is -2.40. The molecule has 6 heteroatoms. The van der Waals surface area contributed by atoms with Crippen LogP contribution in [0.25, 0.3) is 0 Å². The second-order valence-electron chi connectivity index (χ2n) is 5.16. The number of carboxylic acid groups (broad SMARTS) is 1. The molecule has 0 spiro atoms. The van der Waals surface area contributed by atoms with Crippen molar-refractivity contribution >= 4 is 11.9 Å². The molecule has 0 saturated heterocycles. The van der Waals surface area contributed by atoms with Gasteiger partial charge in [0.15, 0.2) is 0 Å². The fourth-order valence-corrected chi connectivity index (χ4v) is 2.15. The van der Waals surface area contributed by atoms with E-state index in [4.69, 9.17) is 9.84 Å². The molecule has 2 N–H and O–H groups in total. The van der Waals surface area contributed by atoms with Gasteiger partial charge in [-0.3, -0.25) is 14.5 Å². The number of carbonyl (C=O) groups excluding carboxylic acids is 1. The van der Waals surface area contributed by atoms with E-state index in [1.54, 1.807) is 12.0 Å². The molecule has 1 aromatic carbocycles. The Morgan fingerprint density at radius 1 is 1.38 bits per heavy atom. The number of carboxylic acids is 1. The Balaban J connectivity index is 1.81. The Bertz CT molecular complexity index is 514. The molecule has 0 radical (unpaired) electrons. The highest BCUT2D eigenvalue weighted by atomic mass is 16.5. The van der Waals surface area contributed by atoms with Crippen molar-refractivity contribution in [2.75, 3.05) is 20.2 Å². The monoisotopic (exact) mass is 292 g/mol. The van der Waals surface area contributed by atoms with Crippen LogP contribution >= 0.6 is 0 Å². The molecular weight excluding hydrogens is 272 g/mol. The van der Waals surface area contributed by atoms with Gasteiger partial charge in [0.1, 0.15) is 5.75 Å². The van der Waals surface area contributed by atoms with E-state index in [2.05, 4.69) is 5.32 Å². The normalized spacial score (nSPS) is 14.0. The van der Waals surface area contributed by atoms with Crippen molar-refractivity contribution in [2.45, 2.75) is 25.4 Å². The molecule has 6 nitrogen and oxygen atoms in total. The number of benzene rings is 1. The van der Waals surface area contributed by atoms with Gasteiger partial charge in [-0.05, 0) is 30.5 Å². The lowest BCUT2D eigenvalue weighted by Gasteiger charge is -2.19. The van der Waals surface area contributed by atoms with Gasteiger partial charge in [-0.1, -0.05) is 12.1 Å². The van der Waals surface area contributed by atoms with Crippen LogP contribution in [0.15, 0.2) is 24.3 Å². The van der Waals surface area contributed by atoms with Gasteiger partial charge in [0.2, 0.25) is 5.91 Å². The Morgan fingerprint density at radius 2 is 2.14 bits per heavy atom. The summed E-state index contributed by atoms with van der Waals surface area (Å²) in [7, 11) is 1.59. The molecule has 0 aromatic heterocycles. The Labute approximate surface area is 123 Å². The molecule has 1 aliphatic rings. The quantitative estimate of drug-likeness (QED) is 0.743. The third-order valence-electron chi connectivity index (χ3n) is 3.37. The molecule has 0 atom stereocenters. The topological polar surface area (TPSA) is 78.9 Å². The van der Waals surface area contributed by atoms with Gasteiger partial charge in [-0.25, -0.2) is 0 Å². The number of nitrogens with zero attached hydrogens (tertiary/aromatic N) is 1. The zero-order chi connectivity index (χ0) is 15.2. The summed E-state index contributed by atoms with van der Waals surface area (Å²) in [4.78, 5) is 24.4. The van der Waals surface area contributed by atoms with Crippen molar-refractivity contribution in [3.05, 3.63) is 29.8 Å².